The van der Waals surface area contributed by atoms with Crippen LogP contribution in [0.3, 0.4) is 0 Å². The summed E-state index contributed by atoms with van der Waals surface area (Å²) in [5.74, 6) is 1.89. The Labute approximate surface area is 516 Å². The van der Waals surface area contributed by atoms with E-state index in [-0.39, 0.29) is 16.8 Å². The molecule has 10 rings (SSSR count). The fourth-order valence-electron chi connectivity index (χ4n) is 10.3. The van der Waals surface area contributed by atoms with Crippen LogP contribution in [0, 0.1) is 41.5 Å². The van der Waals surface area contributed by atoms with E-state index in [1.165, 1.54) is 27.8 Å². The molecule has 0 radical (unpaired) electrons. The molecule has 4 aromatic carbocycles. The number of hydrogen-bond donors (Lipinski definition) is 6. The molecule has 2 fully saturated rings. The number of rotatable bonds is 18. The number of nitrogens with zero attached hydrogens (tertiary/aromatic N) is 10. The Balaban J connectivity index is 0.000000223. The van der Waals surface area contributed by atoms with Crippen LogP contribution < -0.4 is 21.7 Å². The summed E-state index contributed by atoms with van der Waals surface area (Å²) in [6.07, 6.45) is 2.90. The topological polar surface area (TPSA) is 228 Å². The summed E-state index contributed by atoms with van der Waals surface area (Å²) < 4.78 is 20.9. The zero-order valence-corrected chi connectivity index (χ0v) is 53.0. The standard InChI is InChI=1S/C31H41N7O.C23H30N6O2.C8H11N.CH2Cl2.Mn.2O/c1-22-16-23(2)18-26(17-22)33-20-25-7-8-27-29(19-25)38(21-28-30(39)9-6-24(3)34-28)31(35-27)32-10-5-11-37-14-12-36(4)13-15-37;1-17-4-7-22(31)20(25-17)15-29-21-14-18(16-30)5-6-19(21)26-23(29)24-8-3-9-28-12-10-27(2)11-13-28;1-6-3-7(2)5-8(9)4-6;2-1-3;;;/h6-9,16-19,33,39H,5,10-15,20-21H2,1-4H3,(H,32,35);4-7,14,16,31H,3,8-13,15H2,1-2H3,(H,24,26);3-5H,9H2,1-2H3;1H2;;;. The minimum atomic E-state index is -1.44. The summed E-state index contributed by atoms with van der Waals surface area (Å²) in [6.45, 7) is 26.5. The number of fused-ring (bicyclic) bond motifs is 2. The Bertz CT molecular complexity index is 3380. The van der Waals surface area contributed by atoms with E-state index >= 15 is 0 Å². The number of imidazole rings is 2. The molecule has 0 amide bonds. The van der Waals surface area contributed by atoms with Crippen molar-refractivity contribution in [2.75, 3.05) is 120 Å². The van der Waals surface area contributed by atoms with Crippen LogP contribution in [0.1, 0.15) is 73.8 Å². The van der Waals surface area contributed by atoms with Crippen molar-refractivity contribution in [2.24, 2.45) is 0 Å². The number of nitrogen functional groups attached to an aromatic ring is 1. The van der Waals surface area contributed by atoms with E-state index < -0.39 is 14.8 Å². The molecule has 0 atom stereocenters. The van der Waals surface area contributed by atoms with E-state index in [1.54, 1.807) is 24.3 Å². The van der Waals surface area contributed by atoms with Gasteiger partial charge in [-0.25, -0.2) is 9.97 Å². The van der Waals surface area contributed by atoms with Crippen LogP contribution in [0.4, 0.5) is 23.3 Å². The van der Waals surface area contributed by atoms with E-state index in [9.17, 15) is 15.0 Å². The summed E-state index contributed by atoms with van der Waals surface area (Å²) in [7, 11) is 4.36. The molecule has 457 valence electrons. The fraction of sp³-hybridized carbons (Fsp3) is 0.413. The number of halogens is 2. The first-order valence-electron chi connectivity index (χ1n) is 28.6. The van der Waals surface area contributed by atoms with Gasteiger partial charge in [0.1, 0.15) is 29.2 Å². The summed E-state index contributed by atoms with van der Waals surface area (Å²) in [5, 5.41) is 31.7. The normalized spacial score (nSPS) is 13.7. The average Bonchev–Trinajstić information content (AvgIpc) is 4.23. The molecule has 2 aliphatic heterocycles. The predicted molar refractivity (Wildman–Crippen MR) is 340 cm³/mol. The summed E-state index contributed by atoms with van der Waals surface area (Å²) in [4.78, 5) is 39.9. The number of piperazine rings is 2. The molecule has 2 saturated heterocycles. The van der Waals surface area contributed by atoms with Crippen molar-refractivity contribution in [3.8, 4) is 11.5 Å². The Morgan fingerprint density at radius 2 is 0.988 bits per heavy atom. The van der Waals surface area contributed by atoms with Gasteiger partial charge in [0.15, 0.2) is 0 Å². The van der Waals surface area contributed by atoms with Gasteiger partial charge in [0.2, 0.25) is 11.9 Å². The van der Waals surface area contributed by atoms with E-state index in [1.807, 2.05) is 62.6 Å². The number of nitrogens with one attached hydrogen (secondary N) is 3. The average molecular weight is 1240 g/mol. The van der Waals surface area contributed by atoms with Crippen molar-refractivity contribution < 1.29 is 37.5 Å². The minimum absolute atomic E-state index is 0.153. The van der Waals surface area contributed by atoms with Gasteiger partial charge in [0.05, 0.1) is 40.5 Å². The van der Waals surface area contributed by atoms with Crippen molar-refractivity contribution in [3.63, 3.8) is 0 Å². The van der Waals surface area contributed by atoms with Crippen molar-refractivity contribution in [1.82, 2.24) is 48.7 Å². The number of aryl methyl sites for hydroxylation is 6. The molecule has 4 aromatic heterocycles. The fourth-order valence-corrected chi connectivity index (χ4v) is 10.3. The van der Waals surface area contributed by atoms with Gasteiger partial charge >= 0.3 is 22.5 Å². The van der Waals surface area contributed by atoms with Crippen LogP contribution in [0.2, 0.25) is 0 Å². The quantitative estimate of drug-likeness (QED) is 0.0154. The molecule has 0 aliphatic carbocycles. The van der Waals surface area contributed by atoms with Gasteiger partial charge in [-0.15, -0.1) is 23.2 Å². The van der Waals surface area contributed by atoms with Gasteiger partial charge < -0.3 is 60.6 Å². The zero-order valence-electron chi connectivity index (χ0n) is 50.3. The molecule has 6 heterocycles. The third kappa shape index (κ3) is 21.6. The molecule has 0 bridgehead atoms. The molecule has 2 aliphatic rings. The number of aldehydes is 1. The number of nitrogens with two attached hydrogens (primary N) is 1. The molecule has 0 saturated carbocycles. The first-order valence-corrected chi connectivity index (χ1v) is 30.6. The van der Waals surface area contributed by atoms with Gasteiger partial charge in [-0.3, -0.25) is 14.8 Å². The second-order valence-corrected chi connectivity index (χ2v) is 22.7. The molecule has 85 heavy (non-hydrogen) atoms. The van der Waals surface area contributed by atoms with Crippen LogP contribution >= 0.6 is 23.2 Å². The second-order valence-electron chi connectivity index (χ2n) is 21.7. The molecule has 7 N–H and O–H groups in total. The molecular formula is C63H84Cl2MnN14O5. The van der Waals surface area contributed by atoms with E-state index in [0.717, 1.165) is 154 Å². The summed E-state index contributed by atoms with van der Waals surface area (Å²) >= 11 is 8.09. The van der Waals surface area contributed by atoms with Crippen molar-refractivity contribution in [2.45, 2.75) is 74.0 Å². The first kappa shape index (κ1) is 67.3. The molecule has 22 heteroatoms. The van der Waals surface area contributed by atoms with Gasteiger partial charge in [-0.1, -0.05) is 18.2 Å². The van der Waals surface area contributed by atoms with E-state index in [2.05, 4.69) is 120 Å². The third-order valence-corrected chi connectivity index (χ3v) is 14.5. The summed E-state index contributed by atoms with van der Waals surface area (Å²) in [5.41, 5.74) is 20.8. The van der Waals surface area contributed by atoms with Crippen LogP contribution in [0.5, 0.6) is 11.5 Å². The Morgan fingerprint density at radius 1 is 0.565 bits per heavy atom. The van der Waals surface area contributed by atoms with Crippen LogP contribution in [-0.4, -0.2) is 163 Å². The van der Waals surface area contributed by atoms with Gasteiger partial charge in [-0.2, -0.15) is 0 Å². The van der Waals surface area contributed by atoms with Crippen molar-refractivity contribution in [3.05, 3.63) is 153 Å². The number of benzene rings is 4. The Hall–Kier alpha value is -6.87. The molecule has 0 unspecified atom stereocenters. The third-order valence-electron chi connectivity index (χ3n) is 14.5. The van der Waals surface area contributed by atoms with Gasteiger partial charge in [0, 0.05) is 100 Å². The predicted octanol–water partition coefficient (Wildman–Crippen LogP) is 10.2. The van der Waals surface area contributed by atoms with Crippen LogP contribution in [-0.2, 0) is 42.1 Å². The van der Waals surface area contributed by atoms with Gasteiger partial charge in [-0.05, 0) is 188 Å². The number of alkyl halides is 2. The number of hydrogen-bond acceptors (Lipinski definition) is 17. The molecule has 8 aromatic rings. The van der Waals surface area contributed by atoms with Gasteiger partial charge in [0.25, 0.3) is 0 Å². The van der Waals surface area contributed by atoms with Crippen molar-refractivity contribution >= 4 is 74.8 Å². The number of likely N-dealkylation sites (N-methyl/N-ethyl adjacent to an activating group) is 2. The second kappa shape index (κ2) is 34.3. The van der Waals surface area contributed by atoms with Crippen molar-refractivity contribution in [1.29, 1.82) is 0 Å². The maximum absolute atomic E-state index is 11.3. The molecule has 19 nitrogen and oxygen atoms in total. The van der Waals surface area contributed by atoms with E-state index in [4.69, 9.17) is 46.6 Å². The van der Waals surface area contributed by atoms with Crippen LogP contribution in [0.25, 0.3) is 22.1 Å². The number of aromatic hydroxyl groups is 2. The van der Waals surface area contributed by atoms with Crippen LogP contribution in [0.15, 0.2) is 97.1 Å². The SMILES string of the molecule is Cc1cc(C)cc(N)c1.Cc1cc(C)cc(NCc2ccc3nc(NCCCN4CCN(C)CC4)n(Cc4nc(C)ccc4O)c3c2)c1.Cc1ccc(O)c(Cn2c(NCCCN3CCN(C)CC3)nc3ccc(C=O)cc32)n1.ClCCl.[O]=[Mn]=[O]. The maximum atomic E-state index is 11.3. The number of anilines is 4. The molecule has 0 spiro atoms. The van der Waals surface area contributed by atoms with E-state index in [0.29, 0.717) is 36.6 Å². The molecular weight excluding hydrogens is 1160 g/mol. The zero-order chi connectivity index (χ0) is 61.4. The Kier molecular flexibility index (Phi) is 27.2. The monoisotopic (exact) mass is 1240 g/mol. The number of pyridine rings is 2. The first-order chi connectivity index (χ1) is 40.9. The number of aromatic nitrogens is 6. The summed E-state index contributed by atoms with van der Waals surface area (Å²) in [6, 6.07) is 31.4. The number of carbonyl (C=O) groups excluding carboxylic acids is 1. The Morgan fingerprint density at radius 3 is 1.42 bits per heavy atom. The number of carbonyl (C=O) groups is 1.